The molecule has 0 spiro atoms. The predicted octanol–water partition coefficient (Wildman–Crippen LogP) is 7.31. The average Bonchev–Trinajstić information content (AvgIpc) is 3.21. The lowest BCUT2D eigenvalue weighted by Crippen LogP contribution is -2.31. The number of hydrogen-bond acceptors (Lipinski definition) is 4. The first-order chi connectivity index (χ1) is 15.1. The van der Waals surface area contributed by atoms with Gasteiger partial charge < -0.3 is 4.90 Å². The minimum atomic E-state index is 0.269. The Morgan fingerprint density at radius 3 is 2.55 bits per heavy atom. The molecule has 4 aromatic rings. The zero-order valence-electron chi connectivity index (χ0n) is 17.9. The second kappa shape index (κ2) is 8.60. The maximum Gasteiger partial charge on any atom is 0.225 e. The van der Waals surface area contributed by atoms with E-state index < -0.39 is 0 Å². The molecule has 0 amide bonds. The summed E-state index contributed by atoms with van der Waals surface area (Å²) in [5, 5.41) is 3.62. The summed E-state index contributed by atoms with van der Waals surface area (Å²) in [6.07, 6.45) is 4.95. The highest BCUT2D eigenvalue weighted by molar-refractivity contribution is 7.17. The first-order valence-electron chi connectivity index (χ1n) is 11.0. The van der Waals surface area contributed by atoms with Crippen molar-refractivity contribution in [3.63, 3.8) is 0 Å². The van der Waals surface area contributed by atoms with Crippen LogP contribution in [0.3, 0.4) is 0 Å². The van der Waals surface area contributed by atoms with E-state index in [2.05, 4.69) is 77.6 Å². The standard InChI is InChI=1S/C26H26ClN3S/c1-17(2)30(15-18-8-4-3-5-9-18)24-23-22(16-31-25(23)29-26(27)28-24)21-13-12-19-10-6-7-11-20(19)14-21/h3-5,8-9,12-14,16-17H,6-7,10-11,15H2,1-2H3. The van der Waals surface area contributed by atoms with E-state index in [1.165, 1.54) is 53.5 Å². The Morgan fingerprint density at radius 1 is 1.00 bits per heavy atom. The summed E-state index contributed by atoms with van der Waals surface area (Å²) in [7, 11) is 0. The van der Waals surface area contributed by atoms with Crippen molar-refractivity contribution < 1.29 is 0 Å². The van der Waals surface area contributed by atoms with E-state index in [-0.39, 0.29) is 6.04 Å². The van der Waals surface area contributed by atoms with Crippen LogP contribution in [-0.2, 0) is 19.4 Å². The molecule has 5 rings (SSSR count). The van der Waals surface area contributed by atoms with Crippen LogP contribution in [0.15, 0.2) is 53.9 Å². The molecule has 2 heterocycles. The summed E-state index contributed by atoms with van der Waals surface area (Å²) < 4.78 is 0. The van der Waals surface area contributed by atoms with E-state index in [0.717, 1.165) is 22.6 Å². The number of aryl methyl sites for hydroxylation is 2. The van der Waals surface area contributed by atoms with Crippen molar-refractivity contribution in [2.24, 2.45) is 0 Å². The molecule has 1 aliphatic rings. The molecule has 3 nitrogen and oxygen atoms in total. The van der Waals surface area contributed by atoms with Crippen LogP contribution in [0.1, 0.15) is 43.4 Å². The van der Waals surface area contributed by atoms with Crippen LogP contribution in [0.5, 0.6) is 0 Å². The average molecular weight is 448 g/mol. The van der Waals surface area contributed by atoms with Gasteiger partial charge in [-0.3, -0.25) is 0 Å². The van der Waals surface area contributed by atoms with Crippen LogP contribution in [0.25, 0.3) is 21.3 Å². The summed E-state index contributed by atoms with van der Waals surface area (Å²) in [5.74, 6) is 0.919. The monoisotopic (exact) mass is 447 g/mol. The van der Waals surface area contributed by atoms with Crippen molar-refractivity contribution >= 4 is 39.0 Å². The number of anilines is 1. The van der Waals surface area contributed by atoms with Crippen LogP contribution in [-0.4, -0.2) is 16.0 Å². The van der Waals surface area contributed by atoms with Gasteiger partial charge in [-0.15, -0.1) is 11.3 Å². The highest BCUT2D eigenvalue weighted by atomic mass is 35.5. The molecule has 0 radical (unpaired) electrons. The number of nitrogens with zero attached hydrogens (tertiary/aromatic N) is 3. The van der Waals surface area contributed by atoms with E-state index in [4.69, 9.17) is 16.6 Å². The Labute approximate surface area is 192 Å². The lowest BCUT2D eigenvalue weighted by Gasteiger charge is -2.29. The number of thiophene rings is 1. The Morgan fingerprint density at radius 2 is 1.77 bits per heavy atom. The van der Waals surface area contributed by atoms with Crippen molar-refractivity contribution in [2.45, 2.75) is 52.1 Å². The molecule has 0 bridgehead atoms. The van der Waals surface area contributed by atoms with Crippen LogP contribution >= 0.6 is 22.9 Å². The van der Waals surface area contributed by atoms with E-state index >= 15 is 0 Å². The molecule has 0 fully saturated rings. The fourth-order valence-electron chi connectivity index (χ4n) is 4.50. The van der Waals surface area contributed by atoms with Gasteiger partial charge in [-0.25, -0.2) is 4.98 Å². The van der Waals surface area contributed by atoms with Gasteiger partial charge in [-0.2, -0.15) is 4.98 Å². The third-order valence-electron chi connectivity index (χ3n) is 6.14. The van der Waals surface area contributed by atoms with Gasteiger partial charge in [0.1, 0.15) is 10.6 Å². The zero-order chi connectivity index (χ0) is 21.4. The molecule has 2 aromatic carbocycles. The predicted molar refractivity (Wildman–Crippen MR) is 132 cm³/mol. The first-order valence-corrected chi connectivity index (χ1v) is 12.2. The maximum absolute atomic E-state index is 6.38. The molecule has 0 saturated carbocycles. The van der Waals surface area contributed by atoms with Crippen LogP contribution in [0.2, 0.25) is 5.28 Å². The van der Waals surface area contributed by atoms with Crippen LogP contribution < -0.4 is 4.90 Å². The van der Waals surface area contributed by atoms with E-state index in [1.54, 1.807) is 11.3 Å². The Bertz CT molecular complexity index is 1220. The Balaban J connectivity index is 1.65. The third-order valence-corrected chi connectivity index (χ3v) is 7.18. The van der Waals surface area contributed by atoms with Gasteiger partial charge in [-0.05, 0) is 73.4 Å². The summed E-state index contributed by atoms with van der Waals surface area (Å²) in [6, 6.07) is 17.8. The normalized spacial score (nSPS) is 13.5. The minimum Gasteiger partial charge on any atom is -0.349 e. The SMILES string of the molecule is CC(C)N(Cc1ccccc1)c1nc(Cl)nc2scc(-c3ccc4c(c3)CCCC4)c12. The molecular formula is C26H26ClN3S. The van der Waals surface area contributed by atoms with Gasteiger partial charge >= 0.3 is 0 Å². The molecular weight excluding hydrogens is 422 g/mol. The number of fused-ring (bicyclic) bond motifs is 2. The van der Waals surface area contributed by atoms with E-state index in [9.17, 15) is 0 Å². The third kappa shape index (κ3) is 4.07. The molecule has 2 aromatic heterocycles. The molecule has 0 atom stereocenters. The molecule has 0 aliphatic heterocycles. The summed E-state index contributed by atoms with van der Waals surface area (Å²) >= 11 is 8.03. The quantitative estimate of drug-likeness (QED) is 0.300. The van der Waals surface area contributed by atoms with Gasteiger partial charge in [0.15, 0.2) is 0 Å². The molecule has 158 valence electrons. The zero-order valence-corrected chi connectivity index (χ0v) is 19.5. The number of rotatable bonds is 5. The second-order valence-electron chi connectivity index (χ2n) is 8.54. The summed E-state index contributed by atoms with van der Waals surface area (Å²) in [6.45, 7) is 5.19. The van der Waals surface area contributed by atoms with Gasteiger partial charge in [-0.1, -0.05) is 48.5 Å². The largest absolute Gasteiger partial charge is 0.349 e. The molecule has 0 saturated heterocycles. The number of aromatic nitrogens is 2. The highest BCUT2D eigenvalue weighted by Crippen LogP contribution is 2.41. The van der Waals surface area contributed by atoms with Crippen molar-refractivity contribution in [3.8, 4) is 11.1 Å². The fourth-order valence-corrected chi connectivity index (χ4v) is 5.66. The molecule has 1 aliphatic carbocycles. The second-order valence-corrected chi connectivity index (χ2v) is 9.74. The van der Waals surface area contributed by atoms with Crippen molar-refractivity contribution in [1.29, 1.82) is 0 Å². The first kappa shape index (κ1) is 20.5. The van der Waals surface area contributed by atoms with E-state index in [1.807, 2.05) is 0 Å². The number of hydrogen-bond donors (Lipinski definition) is 0. The van der Waals surface area contributed by atoms with Crippen LogP contribution in [0.4, 0.5) is 5.82 Å². The number of benzene rings is 2. The molecule has 5 heteroatoms. The molecule has 0 unspecified atom stereocenters. The lowest BCUT2D eigenvalue weighted by molar-refractivity contribution is 0.675. The van der Waals surface area contributed by atoms with Crippen molar-refractivity contribution in [1.82, 2.24) is 9.97 Å². The van der Waals surface area contributed by atoms with Crippen molar-refractivity contribution in [3.05, 3.63) is 75.9 Å². The smallest absolute Gasteiger partial charge is 0.225 e. The van der Waals surface area contributed by atoms with E-state index in [0.29, 0.717) is 5.28 Å². The summed E-state index contributed by atoms with van der Waals surface area (Å²) in [4.78, 5) is 12.6. The Kier molecular flexibility index (Phi) is 5.68. The summed E-state index contributed by atoms with van der Waals surface area (Å²) in [5.41, 5.74) is 6.71. The lowest BCUT2D eigenvalue weighted by atomic mass is 9.89. The highest BCUT2D eigenvalue weighted by Gasteiger charge is 2.22. The van der Waals surface area contributed by atoms with Gasteiger partial charge in [0.05, 0.1) is 5.39 Å². The minimum absolute atomic E-state index is 0.269. The molecule has 31 heavy (non-hydrogen) atoms. The molecule has 0 N–H and O–H groups in total. The fraction of sp³-hybridized carbons (Fsp3) is 0.308. The van der Waals surface area contributed by atoms with Gasteiger partial charge in [0.2, 0.25) is 5.28 Å². The van der Waals surface area contributed by atoms with Crippen LogP contribution in [0, 0.1) is 0 Å². The van der Waals surface area contributed by atoms with Gasteiger partial charge in [0, 0.05) is 23.5 Å². The van der Waals surface area contributed by atoms with Gasteiger partial charge in [0.25, 0.3) is 0 Å². The maximum atomic E-state index is 6.38. The topological polar surface area (TPSA) is 29.0 Å². The Hall–Kier alpha value is -2.43. The number of halogens is 1. The van der Waals surface area contributed by atoms with Crippen molar-refractivity contribution in [2.75, 3.05) is 4.90 Å².